The van der Waals surface area contributed by atoms with E-state index in [1.807, 2.05) is 0 Å². The molecule has 1 aliphatic heterocycles. The van der Waals surface area contributed by atoms with Crippen molar-refractivity contribution in [1.29, 1.82) is 0 Å². The van der Waals surface area contributed by atoms with E-state index in [2.05, 4.69) is 0 Å². The second kappa shape index (κ2) is 6.75. The van der Waals surface area contributed by atoms with Gasteiger partial charge in [-0.25, -0.2) is 0 Å². The predicted molar refractivity (Wildman–Crippen MR) is 90.6 cm³/mol. The minimum absolute atomic E-state index is 0.111. The van der Waals surface area contributed by atoms with Crippen LogP contribution < -0.4 is 9.47 Å². The van der Waals surface area contributed by atoms with Crippen LogP contribution in [0.1, 0.15) is 17.5 Å². The Kier molecular flexibility index (Phi) is 4.75. The monoisotopic (exact) mass is 381 g/mol. The van der Waals surface area contributed by atoms with Gasteiger partial charge in [0, 0.05) is 18.5 Å². The van der Waals surface area contributed by atoms with Crippen molar-refractivity contribution < 1.29 is 32.2 Å². The number of hydrogen-bond donors (Lipinski definition) is 0. The molecule has 1 amide bonds. The van der Waals surface area contributed by atoms with E-state index in [1.54, 1.807) is 24.3 Å². The Morgan fingerprint density at radius 1 is 1.11 bits per heavy atom. The summed E-state index contributed by atoms with van der Waals surface area (Å²) in [6, 6.07) is 3.27. The normalized spacial score (nSPS) is 18.3. The van der Waals surface area contributed by atoms with Crippen LogP contribution in [0.3, 0.4) is 0 Å². The van der Waals surface area contributed by atoms with E-state index in [1.165, 1.54) is 26.4 Å². The maximum absolute atomic E-state index is 13.0. The molecule has 0 saturated heterocycles. The maximum atomic E-state index is 13.0. The van der Waals surface area contributed by atoms with E-state index in [4.69, 9.17) is 9.47 Å². The number of nitrogens with zero attached hydrogens (tertiary/aromatic N) is 1. The molecular weight excluding hydrogens is 363 g/mol. The molecule has 0 aromatic heterocycles. The number of ketones is 1. The molecule has 1 heterocycles. The lowest BCUT2D eigenvalue weighted by Gasteiger charge is -2.30. The van der Waals surface area contributed by atoms with Gasteiger partial charge in [-0.1, -0.05) is 12.2 Å². The molecule has 1 aliphatic carbocycles. The highest BCUT2D eigenvalue weighted by Gasteiger charge is 2.45. The second-order valence-corrected chi connectivity index (χ2v) is 6.45. The molecule has 0 bridgehead atoms. The summed E-state index contributed by atoms with van der Waals surface area (Å²) in [6.45, 7) is -0.327. The summed E-state index contributed by atoms with van der Waals surface area (Å²) in [4.78, 5) is 24.2. The Balaban J connectivity index is 2.15. The van der Waals surface area contributed by atoms with Gasteiger partial charge < -0.3 is 14.4 Å². The van der Waals surface area contributed by atoms with Crippen LogP contribution in [0.2, 0.25) is 0 Å². The van der Waals surface area contributed by atoms with Gasteiger partial charge in [-0.3, -0.25) is 9.59 Å². The van der Waals surface area contributed by atoms with Crippen molar-refractivity contribution in [2.24, 2.45) is 0 Å². The van der Waals surface area contributed by atoms with Crippen LogP contribution in [-0.2, 0) is 21.5 Å². The topological polar surface area (TPSA) is 55.8 Å². The number of alkyl halides is 3. The predicted octanol–water partition coefficient (Wildman–Crippen LogP) is 2.93. The molecule has 1 aromatic carbocycles. The molecule has 1 spiro atoms. The molecule has 3 rings (SSSR count). The molecule has 8 heteroatoms. The first-order chi connectivity index (χ1) is 12.7. The zero-order chi connectivity index (χ0) is 19.8. The number of halogens is 3. The molecule has 144 valence electrons. The van der Waals surface area contributed by atoms with Crippen molar-refractivity contribution in [2.45, 2.75) is 24.6 Å². The largest absolute Gasteiger partial charge is 0.493 e. The standard InChI is InChI=1S/C19H18F3NO4/c1-26-15-9-12-11-23(17(25)19(20,21)22)8-7-18(5-3-13(24)4-6-18)14(12)10-16(15)27-2/h3-6,9-10H,7-8,11H2,1-2H3. The SMILES string of the molecule is COc1cc2c(cc1OC)C1(C=CC(=O)C=C1)CCN(C(=O)C(F)(F)F)C2. The van der Waals surface area contributed by atoms with Crippen molar-refractivity contribution in [2.75, 3.05) is 20.8 Å². The number of carbonyl (C=O) groups excluding carboxylic acids is 2. The van der Waals surface area contributed by atoms with Gasteiger partial charge in [0.15, 0.2) is 17.3 Å². The zero-order valence-corrected chi connectivity index (χ0v) is 14.8. The summed E-state index contributed by atoms with van der Waals surface area (Å²) in [5, 5.41) is 0. The minimum atomic E-state index is -4.96. The molecule has 5 nitrogen and oxygen atoms in total. The fourth-order valence-corrected chi connectivity index (χ4v) is 3.50. The molecular formula is C19H18F3NO4. The van der Waals surface area contributed by atoms with Crippen molar-refractivity contribution in [3.8, 4) is 11.5 Å². The van der Waals surface area contributed by atoms with E-state index in [9.17, 15) is 22.8 Å². The summed E-state index contributed by atoms with van der Waals surface area (Å²) >= 11 is 0. The Labute approximate surface area is 154 Å². The van der Waals surface area contributed by atoms with Gasteiger partial charge >= 0.3 is 12.1 Å². The quantitative estimate of drug-likeness (QED) is 0.791. The summed E-state index contributed by atoms with van der Waals surface area (Å²) in [6.07, 6.45) is 1.37. The number of ether oxygens (including phenoxy) is 2. The molecule has 0 atom stereocenters. The zero-order valence-electron chi connectivity index (χ0n) is 14.8. The van der Waals surface area contributed by atoms with Crippen LogP contribution >= 0.6 is 0 Å². The van der Waals surface area contributed by atoms with Crippen LogP contribution in [0.15, 0.2) is 36.4 Å². The van der Waals surface area contributed by atoms with Gasteiger partial charge in [0.25, 0.3) is 0 Å². The molecule has 0 unspecified atom stereocenters. The fourth-order valence-electron chi connectivity index (χ4n) is 3.50. The third-order valence-corrected chi connectivity index (χ3v) is 4.89. The number of allylic oxidation sites excluding steroid dienone is 4. The van der Waals surface area contributed by atoms with Crippen LogP contribution in [0, 0.1) is 0 Å². The molecule has 0 radical (unpaired) electrons. The number of amides is 1. The molecule has 0 N–H and O–H groups in total. The highest BCUT2D eigenvalue weighted by Crippen LogP contribution is 2.43. The highest BCUT2D eigenvalue weighted by atomic mass is 19.4. The van der Waals surface area contributed by atoms with Crippen molar-refractivity contribution in [3.05, 3.63) is 47.6 Å². The molecule has 0 fully saturated rings. The number of benzene rings is 1. The summed E-state index contributed by atoms with van der Waals surface area (Å²) in [5.41, 5.74) is 0.382. The van der Waals surface area contributed by atoms with Gasteiger partial charge in [0.1, 0.15) is 0 Å². The smallest absolute Gasteiger partial charge is 0.471 e. The Morgan fingerprint density at radius 3 is 2.26 bits per heavy atom. The first-order valence-corrected chi connectivity index (χ1v) is 8.24. The van der Waals surface area contributed by atoms with Gasteiger partial charge in [0.2, 0.25) is 0 Å². The summed E-state index contributed by atoms with van der Waals surface area (Å²) in [5.74, 6) is -1.31. The first-order valence-electron chi connectivity index (χ1n) is 8.24. The lowest BCUT2D eigenvalue weighted by atomic mass is 9.73. The Morgan fingerprint density at radius 2 is 1.70 bits per heavy atom. The van der Waals surface area contributed by atoms with E-state index < -0.39 is 17.5 Å². The molecule has 2 aliphatic rings. The number of methoxy groups -OCH3 is 2. The van der Waals surface area contributed by atoms with Crippen molar-refractivity contribution >= 4 is 11.7 Å². The average Bonchev–Trinajstić information content (AvgIpc) is 2.79. The van der Waals surface area contributed by atoms with Gasteiger partial charge in [-0.2, -0.15) is 13.2 Å². The minimum Gasteiger partial charge on any atom is -0.493 e. The van der Waals surface area contributed by atoms with Crippen LogP contribution in [0.5, 0.6) is 11.5 Å². The summed E-state index contributed by atoms with van der Waals surface area (Å²) < 4.78 is 49.5. The Hall–Kier alpha value is -2.77. The van der Waals surface area contributed by atoms with Crippen molar-refractivity contribution in [1.82, 2.24) is 4.90 Å². The number of hydrogen-bond acceptors (Lipinski definition) is 4. The van der Waals surface area contributed by atoms with E-state index in [0.717, 1.165) is 4.90 Å². The van der Waals surface area contributed by atoms with Gasteiger partial charge in [-0.15, -0.1) is 0 Å². The van der Waals surface area contributed by atoms with Gasteiger partial charge in [0.05, 0.1) is 14.2 Å². The van der Waals surface area contributed by atoms with Crippen LogP contribution in [0.4, 0.5) is 13.2 Å². The third-order valence-electron chi connectivity index (χ3n) is 4.89. The second-order valence-electron chi connectivity index (χ2n) is 6.45. The first kappa shape index (κ1) is 19.0. The average molecular weight is 381 g/mol. The van der Waals surface area contributed by atoms with E-state index in [-0.39, 0.29) is 25.3 Å². The van der Waals surface area contributed by atoms with Crippen LogP contribution in [0.25, 0.3) is 0 Å². The van der Waals surface area contributed by atoms with E-state index >= 15 is 0 Å². The lowest BCUT2D eigenvalue weighted by molar-refractivity contribution is -0.186. The molecule has 1 aromatic rings. The number of fused-ring (bicyclic) bond motifs is 2. The van der Waals surface area contributed by atoms with E-state index in [0.29, 0.717) is 22.6 Å². The fraction of sp³-hybridized carbons (Fsp3) is 0.368. The molecule has 27 heavy (non-hydrogen) atoms. The Bertz CT molecular complexity index is 826. The third kappa shape index (κ3) is 3.43. The van der Waals surface area contributed by atoms with Gasteiger partial charge in [-0.05, 0) is 41.8 Å². The van der Waals surface area contributed by atoms with Crippen molar-refractivity contribution in [3.63, 3.8) is 0 Å². The summed E-state index contributed by atoms with van der Waals surface area (Å²) in [7, 11) is 2.89. The lowest BCUT2D eigenvalue weighted by Crippen LogP contribution is -2.41. The number of rotatable bonds is 2. The maximum Gasteiger partial charge on any atom is 0.471 e. The number of carbonyl (C=O) groups is 2. The highest BCUT2D eigenvalue weighted by molar-refractivity contribution is 6.00. The molecule has 0 saturated carbocycles. The van der Waals surface area contributed by atoms with Crippen LogP contribution in [-0.4, -0.2) is 43.5 Å².